The number of hydrogen-bond acceptors (Lipinski definition) is 6. The third-order valence-corrected chi connectivity index (χ3v) is 8.42. The number of fused-ring (bicyclic) bond motifs is 1. The van der Waals surface area contributed by atoms with E-state index in [1.165, 1.54) is 27.8 Å². The Labute approximate surface area is 198 Å². The van der Waals surface area contributed by atoms with Gasteiger partial charge in [-0.15, -0.1) is 0 Å². The predicted molar refractivity (Wildman–Crippen MR) is 131 cm³/mol. The summed E-state index contributed by atoms with van der Waals surface area (Å²) in [4.78, 5) is 21.8. The molecule has 1 aromatic heterocycles. The first-order valence-corrected chi connectivity index (χ1v) is 12.7. The van der Waals surface area contributed by atoms with Crippen molar-refractivity contribution in [1.29, 1.82) is 0 Å². The molecule has 0 atom stereocenters. The Kier molecular flexibility index (Phi) is 7.57. The zero-order chi connectivity index (χ0) is 23.6. The van der Waals surface area contributed by atoms with E-state index in [9.17, 15) is 13.2 Å². The molecule has 7 nitrogen and oxygen atoms in total. The van der Waals surface area contributed by atoms with Crippen molar-refractivity contribution in [1.82, 2.24) is 14.2 Å². The summed E-state index contributed by atoms with van der Waals surface area (Å²) in [5, 5.41) is 1.19. The summed E-state index contributed by atoms with van der Waals surface area (Å²) in [5.41, 5.74) is 1.17. The number of amides is 1. The van der Waals surface area contributed by atoms with E-state index < -0.39 is 10.0 Å². The second-order valence-electron chi connectivity index (χ2n) is 8.01. The van der Waals surface area contributed by atoms with Gasteiger partial charge in [0.05, 0.1) is 15.1 Å². The van der Waals surface area contributed by atoms with Crippen LogP contribution in [0.3, 0.4) is 0 Å². The third kappa shape index (κ3) is 5.29. The van der Waals surface area contributed by atoms with Crippen molar-refractivity contribution < 1.29 is 13.2 Å². The van der Waals surface area contributed by atoms with E-state index in [2.05, 4.69) is 4.98 Å². The Bertz CT molecular complexity index is 1210. The minimum Gasteiger partial charge on any atom is -0.308 e. The number of sulfonamides is 1. The normalized spacial score (nSPS) is 12.3. The zero-order valence-corrected chi connectivity index (χ0v) is 21.1. The smallest absolute Gasteiger partial charge is 0.260 e. The number of anilines is 1. The number of thiazole rings is 1. The van der Waals surface area contributed by atoms with Gasteiger partial charge in [0.1, 0.15) is 0 Å². The van der Waals surface area contributed by atoms with Crippen molar-refractivity contribution in [3.05, 3.63) is 53.1 Å². The maximum absolute atomic E-state index is 13.4. The number of carbonyl (C=O) groups is 1. The van der Waals surface area contributed by atoms with Crippen LogP contribution in [0.2, 0.25) is 5.02 Å². The maximum Gasteiger partial charge on any atom is 0.260 e. The van der Waals surface area contributed by atoms with Gasteiger partial charge in [0, 0.05) is 36.8 Å². The molecule has 10 heteroatoms. The Balaban J connectivity index is 1.94. The number of likely N-dealkylation sites (N-methyl/N-ethyl adjacent to an activating group) is 1. The fourth-order valence-corrected chi connectivity index (χ4v) is 5.59. The van der Waals surface area contributed by atoms with Crippen LogP contribution >= 0.6 is 22.9 Å². The van der Waals surface area contributed by atoms with E-state index in [-0.39, 0.29) is 16.8 Å². The van der Waals surface area contributed by atoms with Crippen LogP contribution in [0.5, 0.6) is 0 Å². The first-order valence-electron chi connectivity index (χ1n) is 10.1. The lowest BCUT2D eigenvalue weighted by Crippen LogP contribution is -2.37. The number of carbonyl (C=O) groups excluding carboxylic acids is 1. The minimum absolute atomic E-state index is 0.153. The van der Waals surface area contributed by atoms with Crippen molar-refractivity contribution in [2.75, 3.05) is 39.1 Å². The van der Waals surface area contributed by atoms with Crippen molar-refractivity contribution in [2.45, 2.75) is 24.8 Å². The van der Waals surface area contributed by atoms with E-state index in [1.807, 2.05) is 45.0 Å². The molecule has 0 saturated carbocycles. The second kappa shape index (κ2) is 9.84. The van der Waals surface area contributed by atoms with Gasteiger partial charge in [0.15, 0.2) is 5.13 Å². The van der Waals surface area contributed by atoms with Crippen molar-refractivity contribution in [3.63, 3.8) is 0 Å². The summed E-state index contributed by atoms with van der Waals surface area (Å²) in [5.74, 6) is -0.238. The summed E-state index contributed by atoms with van der Waals surface area (Å²) in [6, 6.07) is 11.3. The molecule has 0 aliphatic heterocycles. The molecule has 172 valence electrons. The molecule has 0 radical (unpaired) electrons. The Morgan fingerprint density at radius 3 is 2.31 bits per heavy atom. The molecule has 3 rings (SSSR count). The van der Waals surface area contributed by atoms with E-state index in [0.29, 0.717) is 28.8 Å². The fourth-order valence-electron chi connectivity index (χ4n) is 2.95. The topological polar surface area (TPSA) is 73.8 Å². The highest BCUT2D eigenvalue weighted by Gasteiger charge is 2.25. The highest BCUT2D eigenvalue weighted by atomic mass is 35.5. The van der Waals surface area contributed by atoms with Crippen LogP contribution in [0.4, 0.5) is 5.13 Å². The molecule has 0 aliphatic rings. The number of nitrogens with zero attached hydrogens (tertiary/aromatic N) is 4. The molecule has 0 saturated heterocycles. The fraction of sp³-hybridized carbons (Fsp3) is 0.364. The van der Waals surface area contributed by atoms with Gasteiger partial charge in [-0.25, -0.2) is 13.4 Å². The monoisotopic (exact) mass is 494 g/mol. The number of hydrogen-bond donors (Lipinski definition) is 0. The highest BCUT2D eigenvalue weighted by Crippen LogP contribution is 2.31. The van der Waals surface area contributed by atoms with Crippen molar-refractivity contribution in [3.8, 4) is 0 Å². The summed E-state index contributed by atoms with van der Waals surface area (Å²) >= 11 is 7.50. The standard InChI is InChI=1S/C22H27ClN4O3S2/c1-15(2)26(5)32(29,30)18-9-6-16(7-10-18)21(28)27(13-12-25(3)4)22-24-19-11-8-17(23)14-20(19)31-22/h6-11,14-15H,12-13H2,1-5H3. The number of halogens is 1. The maximum atomic E-state index is 13.4. The molecule has 2 aromatic carbocycles. The molecule has 3 aromatic rings. The Morgan fingerprint density at radius 1 is 1.06 bits per heavy atom. The average Bonchev–Trinajstić information content (AvgIpc) is 3.15. The van der Waals surface area contributed by atoms with Crippen LogP contribution in [0.1, 0.15) is 24.2 Å². The second-order valence-corrected chi connectivity index (χ2v) is 11.5. The zero-order valence-electron chi connectivity index (χ0n) is 18.7. The Hall–Kier alpha value is -2.04. The lowest BCUT2D eigenvalue weighted by Gasteiger charge is -2.23. The third-order valence-electron chi connectivity index (χ3n) is 5.09. The van der Waals surface area contributed by atoms with Crippen LogP contribution in [0.15, 0.2) is 47.4 Å². The molecule has 1 amide bonds. The lowest BCUT2D eigenvalue weighted by molar-refractivity contribution is 0.0985. The average molecular weight is 495 g/mol. The SMILES string of the molecule is CC(C)N(C)S(=O)(=O)c1ccc(C(=O)N(CCN(C)C)c2nc3ccc(Cl)cc3s2)cc1. The predicted octanol–water partition coefficient (Wildman–Crippen LogP) is 4.19. The molecular formula is C22H27ClN4O3S2. The molecule has 32 heavy (non-hydrogen) atoms. The first-order chi connectivity index (χ1) is 15.0. The molecule has 0 fully saturated rings. The molecule has 0 spiro atoms. The molecular weight excluding hydrogens is 468 g/mol. The summed E-state index contributed by atoms with van der Waals surface area (Å²) in [7, 11) is 1.80. The first kappa shape index (κ1) is 24.6. The highest BCUT2D eigenvalue weighted by molar-refractivity contribution is 7.89. The van der Waals surface area contributed by atoms with Gasteiger partial charge in [-0.2, -0.15) is 4.31 Å². The van der Waals surface area contributed by atoms with Crippen LogP contribution in [0, 0.1) is 0 Å². The van der Waals surface area contributed by atoms with Crippen molar-refractivity contribution in [2.24, 2.45) is 0 Å². The number of aromatic nitrogens is 1. The van der Waals surface area contributed by atoms with Gasteiger partial charge in [-0.3, -0.25) is 9.69 Å². The van der Waals surface area contributed by atoms with Gasteiger partial charge >= 0.3 is 0 Å². The molecule has 0 aliphatic carbocycles. The van der Waals surface area contributed by atoms with Crippen molar-refractivity contribution >= 4 is 54.2 Å². The van der Waals surface area contributed by atoms with Gasteiger partial charge in [0.25, 0.3) is 5.91 Å². The minimum atomic E-state index is -3.62. The molecule has 0 N–H and O–H groups in total. The summed E-state index contributed by atoms with van der Waals surface area (Å²) in [6.45, 7) is 4.70. The number of benzene rings is 2. The summed E-state index contributed by atoms with van der Waals surface area (Å²) in [6.07, 6.45) is 0. The largest absolute Gasteiger partial charge is 0.308 e. The number of rotatable bonds is 8. The van der Waals surface area contributed by atoms with Gasteiger partial charge in [-0.1, -0.05) is 22.9 Å². The van der Waals surface area contributed by atoms with Crippen LogP contribution < -0.4 is 4.90 Å². The van der Waals surface area contributed by atoms with Gasteiger partial charge < -0.3 is 4.90 Å². The van der Waals surface area contributed by atoms with Crippen LogP contribution in [-0.4, -0.2) is 68.8 Å². The van der Waals surface area contributed by atoms with E-state index in [4.69, 9.17) is 11.6 Å². The van der Waals surface area contributed by atoms with Crippen LogP contribution in [0.25, 0.3) is 10.2 Å². The molecule has 1 heterocycles. The van der Waals surface area contributed by atoms with Crippen LogP contribution in [-0.2, 0) is 10.0 Å². The Morgan fingerprint density at radius 2 is 1.72 bits per heavy atom. The molecule has 0 bridgehead atoms. The summed E-state index contributed by atoms with van der Waals surface area (Å²) < 4.78 is 27.6. The van der Waals surface area contributed by atoms with E-state index in [1.54, 1.807) is 30.1 Å². The van der Waals surface area contributed by atoms with Gasteiger partial charge in [-0.05, 0) is 70.4 Å². The molecule has 0 unspecified atom stereocenters. The van der Waals surface area contributed by atoms with Gasteiger partial charge in [0.2, 0.25) is 10.0 Å². The van der Waals surface area contributed by atoms with E-state index in [0.717, 1.165) is 10.2 Å². The van der Waals surface area contributed by atoms with E-state index >= 15 is 0 Å². The quantitative estimate of drug-likeness (QED) is 0.469. The lowest BCUT2D eigenvalue weighted by atomic mass is 10.2.